The summed E-state index contributed by atoms with van der Waals surface area (Å²) >= 11 is 1.59. The standard InChI is InChI=1S/C24H25N3O2S/c1-5-27-23(17-9-7-6-8-10-17)25-26-24(27)30-14-18-12-22(28)29-21-11-16(4)19(15(2)3)13-20(18)21/h6-13,15H,5,14H2,1-4H3. The molecule has 2 aromatic carbocycles. The maximum absolute atomic E-state index is 12.1. The van der Waals surface area contributed by atoms with Crippen molar-refractivity contribution < 1.29 is 4.42 Å². The number of nitrogens with zero attached hydrogens (tertiary/aromatic N) is 3. The first-order chi connectivity index (χ1) is 14.5. The number of thioether (sulfide) groups is 1. The number of aromatic nitrogens is 3. The summed E-state index contributed by atoms with van der Waals surface area (Å²) in [5.74, 6) is 1.88. The second-order valence-electron chi connectivity index (χ2n) is 7.66. The highest BCUT2D eigenvalue weighted by Crippen LogP contribution is 2.31. The fourth-order valence-electron chi connectivity index (χ4n) is 3.76. The molecule has 0 aliphatic rings. The Balaban J connectivity index is 1.70. The van der Waals surface area contributed by atoms with Gasteiger partial charge in [0.25, 0.3) is 0 Å². The molecule has 0 spiro atoms. The van der Waals surface area contributed by atoms with Crippen molar-refractivity contribution in [1.29, 1.82) is 0 Å². The topological polar surface area (TPSA) is 60.9 Å². The molecular formula is C24H25N3O2S. The molecule has 6 heteroatoms. The van der Waals surface area contributed by atoms with Crippen LogP contribution in [0, 0.1) is 6.92 Å². The Bertz CT molecular complexity index is 1240. The van der Waals surface area contributed by atoms with Gasteiger partial charge in [-0.3, -0.25) is 0 Å². The van der Waals surface area contributed by atoms with Crippen LogP contribution in [0.1, 0.15) is 43.4 Å². The second-order valence-corrected chi connectivity index (χ2v) is 8.60. The zero-order valence-electron chi connectivity index (χ0n) is 17.7. The number of rotatable bonds is 6. The predicted molar refractivity (Wildman–Crippen MR) is 122 cm³/mol. The fraction of sp³-hybridized carbons (Fsp3) is 0.292. The van der Waals surface area contributed by atoms with E-state index in [9.17, 15) is 4.79 Å². The summed E-state index contributed by atoms with van der Waals surface area (Å²) in [6.45, 7) is 9.27. The summed E-state index contributed by atoms with van der Waals surface area (Å²) < 4.78 is 7.59. The van der Waals surface area contributed by atoms with Gasteiger partial charge in [0, 0.05) is 29.3 Å². The van der Waals surface area contributed by atoms with Gasteiger partial charge in [-0.25, -0.2) is 4.79 Å². The van der Waals surface area contributed by atoms with Gasteiger partial charge in [0.1, 0.15) is 5.58 Å². The Labute approximate surface area is 180 Å². The van der Waals surface area contributed by atoms with E-state index in [2.05, 4.69) is 48.5 Å². The van der Waals surface area contributed by atoms with Crippen molar-refractivity contribution in [3.8, 4) is 11.4 Å². The summed E-state index contributed by atoms with van der Waals surface area (Å²) in [5.41, 5.74) is 4.73. The predicted octanol–water partition coefficient (Wildman–Crippen LogP) is 5.80. The molecule has 0 aliphatic heterocycles. The van der Waals surface area contributed by atoms with Gasteiger partial charge in [-0.2, -0.15) is 0 Å². The Morgan fingerprint density at radius 2 is 1.87 bits per heavy atom. The van der Waals surface area contributed by atoms with E-state index < -0.39 is 0 Å². The number of hydrogen-bond donors (Lipinski definition) is 0. The quantitative estimate of drug-likeness (QED) is 0.292. The lowest BCUT2D eigenvalue weighted by atomic mass is 9.95. The number of fused-ring (bicyclic) bond motifs is 1. The van der Waals surface area contributed by atoms with Gasteiger partial charge in [0.2, 0.25) is 0 Å². The largest absolute Gasteiger partial charge is 0.423 e. The molecule has 2 aromatic heterocycles. The smallest absolute Gasteiger partial charge is 0.336 e. The SMILES string of the molecule is CCn1c(SCc2cc(=O)oc3cc(C)c(C(C)C)cc23)nnc1-c1ccccc1. The van der Waals surface area contributed by atoms with Crippen LogP contribution in [0.25, 0.3) is 22.4 Å². The molecule has 0 fully saturated rings. The van der Waals surface area contributed by atoms with Gasteiger partial charge in [0.15, 0.2) is 11.0 Å². The molecule has 30 heavy (non-hydrogen) atoms. The average Bonchev–Trinajstić information content (AvgIpc) is 3.14. The van der Waals surface area contributed by atoms with Gasteiger partial charge in [-0.05, 0) is 48.6 Å². The molecule has 0 radical (unpaired) electrons. The minimum Gasteiger partial charge on any atom is -0.423 e. The third-order valence-corrected chi connectivity index (χ3v) is 6.28. The Morgan fingerprint density at radius 1 is 1.10 bits per heavy atom. The van der Waals surface area contributed by atoms with Crippen molar-refractivity contribution in [1.82, 2.24) is 14.8 Å². The van der Waals surface area contributed by atoms with Crippen molar-refractivity contribution in [3.63, 3.8) is 0 Å². The molecule has 0 saturated heterocycles. The van der Waals surface area contributed by atoms with E-state index in [0.717, 1.165) is 39.6 Å². The minimum absolute atomic E-state index is 0.322. The summed E-state index contributed by atoms with van der Waals surface area (Å²) in [7, 11) is 0. The van der Waals surface area contributed by atoms with E-state index in [1.165, 1.54) is 5.56 Å². The van der Waals surface area contributed by atoms with Gasteiger partial charge >= 0.3 is 5.63 Å². The molecule has 0 aliphatic carbocycles. The Kier molecular flexibility index (Phi) is 5.77. The first-order valence-corrected chi connectivity index (χ1v) is 11.1. The molecule has 0 atom stereocenters. The molecular weight excluding hydrogens is 394 g/mol. The summed E-state index contributed by atoms with van der Waals surface area (Å²) in [6.07, 6.45) is 0. The highest BCUT2D eigenvalue weighted by Gasteiger charge is 2.15. The normalized spacial score (nSPS) is 11.5. The Hall–Kier alpha value is -2.86. The minimum atomic E-state index is -0.322. The molecule has 0 bridgehead atoms. The average molecular weight is 420 g/mol. The van der Waals surface area contributed by atoms with Crippen LogP contribution in [0.5, 0.6) is 0 Å². The molecule has 0 unspecified atom stereocenters. The molecule has 154 valence electrons. The lowest BCUT2D eigenvalue weighted by Gasteiger charge is -2.13. The molecule has 4 aromatic rings. The molecule has 0 N–H and O–H groups in total. The van der Waals surface area contributed by atoms with Gasteiger partial charge in [0.05, 0.1) is 0 Å². The zero-order valence-corrected chi connectivity index (χ0v) is 18.5. The summed E-state index contributed by atoms with van der Waals surface area (Å²) in [5, 5.41) is 10.7. The van der Waals surface area contributed by atoms with E-state index in [4.69, 9.17) is 4.42 Å². The van der Waals surface area contributed by atoms with E-state index >= 15 is 0 Å². The number of hydrogen-bond acceptors (Lipinski definition) is 5. The van der Waals surface area contributed by atoms with Gasteiger partial charge in [-0.1, -0.05) is 55.9 Å². The molecule has 5 nitrogen and oxygen atoms in total. The monoisotopic (exact) mass is 419 g/mol. The van der Waals surface area contributed by atoms with Crippen LogP contribution >= 0.6 is 11.8 Å². The van der Waals surface area contributed by atoms with E-state index in [0.29, 0.717) is 17.3 Å². The second kappa shape index (κ2) is 8.48. The lowest BCUT2D eigenvalue weighted by Crippen LogP contribution is -2.03. The third-order valence-electron chi connectivity index (χ3n) is 5.26. The maximum atomic E-state index is 12.1. The van der Waals surface area contributed by atoms with Crippen LogP contribution in [0.4, 0.5) is 0 Å². The third kappa shape index (κ3) is 3.92. The Morgan fingerprint density at radius 3 is 2.57 bits per heavy atom. The highest BCUT2D eigenvalue weighted by molar-refractivity contribution is 7.98. The number of benzene rings is 2. The van der Waals surface area contributed by atoms with Gasteiger partial charge in [-0.15, -0.1) is 10.2 Å². The van der Waals surface area contributed by atoms with Crippen molar-refractivity contribution in [2.45, 2.75) is 51.1 Å². The fourth-order valence-corrected chi connectivity index (χ4v) is 4.75. The summed E-state index contributed by atoms with van der Waals surface area (Å²) in [4.78, 5) is 12.1. The van der Waals surface area contributed by atoms with Crippen LogP contribution in [0.15, 0.2) is 62.9 Å². The van der Waals surface area contributed by atoms with Crippen LogP contribution in [-0.4, -0.2) is 14.8 Å². The first-order valence-electron chi connectivity index (χ1n) is 10.2. The van der Waals surface area contributed by atoms with Crippen molar-refractivity contribution in [2.75, 3.05) is 0 Å². The van der Waals surface area contributed by atoms with E-state index in [1.807, 2.05) is 36.4 Å². The molecule has 2 heterocycles. The van der Waals surface area contributed by atoms with Crippen molar-refractivity contribution >= 4 is 22.7 Å². The molecule has 0 saturated carbocycles. The van der Waals surface area contributed by atoms with Crippen molar-refractivity contribution in [2.24, 2.45) is 0 Å². The van der Waals surface area contributed by atoms with Crippen LogP contribution < -0.4 is 5.63 Å². The van der Waals surface area contributed by atoms with Crippen molar-refractivity contribution in [3.05, 3.63) is 75.6 Å². The summed E-state index contributed by atoms with van der Waals surface area (Å²) in [6, 6.07) is 15.8. The van der Waals surface area contributed by atoms with Crippen LogP contribution in [0.3, 0.4) is 0 Å². The molecule has 4 rings (SSSR count). The molecule has 0 amide bonds. The number of aryl methyl sites for hydroxylation is 1. The highest BCUT2D eigenvalue weighted by atomic mass is 32.2. The lowest BCUT2D eigenvalue weighted by molar-refractivity contribution is 0.559. The van der Waals surface area contributed by atoms with E-state index in [1.54, 1.807) is 17.8 Å². The maximum Gasteiger partial charge on any atom is 0.336 e. The van der Waals surface area contributed by atoms with Crippen LogP contribution in [-0.2, 0) is 12.3 Å². The van der Waals surface area contributed by atoms with E-state index in [-0.39, 0.29) is 5.63 Å². The first kappa shape index (κ1) is 20.4. The van der Waals surface area contributed by atoms with Gasteiger partial charge < -0.3 is 8.98 Å². The van der Waals surface area contributed by atoms with Crippen LogP contribution in [0.2, 0.25) is 0 Å². The zero-order chi connectivity index (χ0) is 21.3.